The zero-order valence-electron chi connectivity index (χ0n) is 14.1. The van der Waals surface area contributed by atoms with Crippen LogP contribution in [0.3, 0.4) is 0 Å². The van der Waals surface area contributed by atoms with Gasteiger partial charge in [-0.3, -0.25) is 0 Å². The van der Waals surface area contributed by atoms with Crippen molar-refractivity contribution in [2.75, 3.05) is 12.4 Å². The maximum absolute atomic E-state index is 14.6. The van der Waals surface area contributed by atoms with Gasteiger partial charge >= 0.3 is 0 Å². The predicted octanol–water partition coefficient (Wildman–Crippen LogP) is 4.31. The fourth-order valence-corrected chi connectivity index (χ4v) is 3.04. The second-order valence-electron chi connectivity index (χ2n) is 5.85. The van der Waals surface area contributed by atoms with E-state index in [1.165, 1.54) is 12.4 Å². The van der Waals surface area contributed by atoms with Gasteiger partial charge in [-0.25, -0.2) is 14.4 Å². The molecule has 0 saturated carbocycles. The van der Waals surface area contributed by atoms with Crippen LogP contribution in [0.2, 0.25) is 0 Å². The summed E-state index contributed by atoms with van der Waals surface area (Å²) in [5.74, 6) is 1.08. The molecule has 4 rings (SSSR count). The Morgan fingerprint density at radius 2 is 2.00 bits per heavy atom. The minimum atomic E-state index is -0.424. The van der Waals surface area contributed by atoms with Gasteiger partial charge in [0.15, 0.2) is 0 Å². The molecule has 0 aliphatic rings. The maximum Gasteiger partial charge on any atom is 0.130 e. The molecule has 1 unspecified atom stereocenters. The Morgan fingerprint density at radius 1 is 1.12 bits per heavy atom. The minimum Gasteiger partial charge on any atom is -0.497 e. The molecule has 1 atom stereocenters. The predicted molar refractivity (Wildman–Crippen MR) is 98.7 cm³/mol. The number of ether oxygens (including phenoxy) is 1. The van der Waals surface area contributed by atoms with Crippen LogP contribution in [0.4, 0.5) is 10.2 Å². The number of H-pyrrole nitrogens is 1. The lowest BCUT2D eigenvalue weighted by Gasteiger charge is -2.20. The Labute approximate surface area is 149 Å². The van der Waals surface area contributed by atoms with E-state index in [9.17, 15) is 4.39 Å². The first kappa shape index (κ1) is 16.1. The quantitative estimate of drug-likeness (QED) is 0.564. The van der Waals surface area contributed by atoms with Gasteiger partial charge in [-0.05, 0) is 30.3 Å². The molecule has 2 aromatic carbocycles. The van der Waals surface area contributed by atoms with Gasteiger partial charge in [0.05, 0.1) is 13.2 Å². The zero-order chi connectivity index (χ0) is 17.9. The van der Waals surface area contributed by atoms with Crippen molar-refractivity contribution in [2.45, 2.75) is 6.04 Å². The summed E-state index contributed by atoms with van der Waals surface area (Å²) in [6.07, 6.45) is 4.99. The number of benzene rings is 2. The summed E-state index contributed by atoms with van der Waals surface area (Å²) in [7, 11) is 1.63. The summed E-state index contributed by atoms with van der Waals surface area (Å²) in [5, 5.41) is 4.27. The van der Waals surface area contributed by atoms with Gasteiger partial charge in [-0.1, -0.05) is 18.2 Å². The summed E-state index contributed by atoms with van der Waals surface area (Å²) >= 11 is 0. The number of methoxy groups -OCH3 is 1. The van der Waals surface area contributed by atoms with E-state index in [4.69, 9.17) is 4.74 Å². The molecule has 2 N–H and O–H groups in total. The summed E-state index contributed by atoms with van der Waals surface area (Å²) in [6.45, 7) is 0. The molecular weight excluding hydrogens is 331 g/mol. The zero-order valence-corrected chi connectivity index (χ0v) is 14.1. The van der Waals surface area contributed by atoms with Crippen molar-refractivity contribution in [2.24, 2.45) is 0 Å². The second kappa shape index (κ2) is 6.84. The van der Waals surface area contributed by atoms with Crippen molar-refractivity contribution < 1.29 is 9.13 Å². The lowest BCUT2D eigenvalue weighted by atomic mass is 9.97. The van der Waals surface area contributed by atoms with Gasteiger partial charge < -0.3 is 15.0 Å². The molecule has 2 aromatic heterocycles. The Morgan fingerprint density at radius 3 is 2.77 bits per heavy atom. The van der Waals surface area contributed by atoms with E-state index < -0.39 is 6.04 Å². The molecule has 4 aromatic rings. The van der Waals surface area contributed by atoms with Gasteiger partial charge in [0, 0.05) is 34.4 Å². The molecule has 0 amide bonds. The average molecular weight is 348 g/mol. The maximum atomic E-state index is 14.6. The smallest absolute Gasteiger partial charge is 0.130 e. The van der Waals surface area contributed by atoms with Crippen molar-refractivity contribution in [1.29, 1.82) is 0 Å². The van der Waals surface area contributed by atoms with E-state index in [0.29, 0.717) is 11.4 Å². The second-order valence-corrected chi connectivity index (χ2v) is 5.85. The van der Waals surface area contributed by atoms with E-state index in [-0.39, 0.29) is 5.82 Å². The Hall–Kier alpha value is -3.41. The highest BCUT2D eigenvalue weighted by Crippen LogP contribution is 2.34. The van der Waals surface area contributed by atoms with Crippen molar-refractivity contribution in [1.82, 2.24) is 15.0 Å². The highest BCUT2D eigenvalue weighted by Gasteiger charge is 2.21. The molecule has 130 valence electrons. The molecule has 0 aliphatic heterocycles. The number of nitrogens with one attached hydrogen (secondary N) is 2. The van der Waals surface area contributed by atoms with E-state index >= 15 is 0 Å². The fourth-order valence-electron chi connectivity index (χ4n) is 3.04. The molecule has 26 heavy (non-hydrogen) atoms. The standard InChI is InChI=1S/C20H17FN4O/c1-26-13-6-7-18-15(10-13)16(11-23-18)20(14-4-2-3-5-17(14)21)25-19-8-9-22-12-24-19/h2-12,20,23H,1H3,(H,22,24,25). The number of nitrogens with zero attached hydrogens (tertiary/aromatic N) is 2. The van der Waals surface area contributed by atoms with Crippen molar-refractivity contribution >= 4 is 16.7 Å². The van der Waals surface area contributed by atoms with E-state index in [1.54, 1.807) is 31.5 Å². The van der Waals surface area contributed by atoms with E-state index in [0.717, 1.165) is 22.2 Å². The highest BCUT2D eigenvalue weighted by atomic mass is 19.1. The fraction of sp³-hybridized carbons (Fsp3) is 0.100. The third kappa shape index (κ3) is 2.97. The Kier molecular flexibility index (Phi) is 4.23. The molecule has 0 fully saturated rings. The highest BCUT2D eigenvalue weighted by molar-refractivity contribution is 5.86. The summed E-state index contributed by atoms with van der Waals surface area (Å²) < 4.78 is 19.9. The summed E-state index contributed by atoms with van der Waals surface area (Å²) in [6, 6.07) is 13.8. The van der Waals surface area contributed by atoms with Crippen LogP contribution in [0.25, 0.3) is 10.9 Å². The SMILES string of the molecule is COc1ccc2[nH]cc(C(Nc3ccncn3)c3ccccc3F)c2c1. The van der Waals surface area contributed by atoms with Crippen molar-refractivity contribution in [3.05, 3.63) is 84.2 Å². The van der Waals surface area contributed by atoms with Crippen LogP contribution < -0.4 is 10.1 Å². The minimum absolute atomic E-state index is 0.281. The number of rotatable bonds is 5. The van der Waals surface area contributed by atoms with Gasteiger partial charge in [0.25, 0.3) is 0 Å². The summed E-state index contributed by atoms with van der Waals surface area (Å²) in [4.78, 5) is 11.4. The normalized spacial score (nSPS) is 12.1. The van der Waals surface area contributed by atoms with Crippen LogP contribution in [0, 0.1) is 5.82 Å². The van der Waals surface area contributed by atoms with Gasteiger partial charge in [-0.15, -0.1) is 0 Å². The van der Waals surface area contributed by atoms with Crippen molar-refractivity contribution in [3.8, 4) is 5.75 Å². The number of fused-ring (bicyclic) bond motifs is 1. The number of hydrogen-bond donors (Lipinski definition) is 2. The van der Waals surface area contributed by atoms with Gasteiger partial charge in [-0.2, -0.15) is 0 Å². The largest absolute Gasteiger partial charge is 0.497 e. The number of halogens is 1. The van der Waals surface area contributed by atoms with Crippen LogP contribution in [-0.4, -0.2) is 22.1 Å². The number of aromatic nitrogens is 3. The number of anilines is 1. The van der Waals surface area contributed by atoms with Crippen LogP contribution in [0.15, 0.2) is 67.3 Å². The molecule has 6 heteroatoms. The van der Waals surface area contributed by atoms with Crippen LogP contribution in [-0.2, 0) is 0 Å². The first-order valence-electron chi connectivity index (χ1n) is 8.18. The first-order valence-corrected chi connectivity index (χ1v) is 8.18. The van der Waals surface area contributed by atoms with E-state index in [2.05, 4.69) is 20.3 Å². The molecular formula is C20H17FN4O. The topological polar surface area (TPSA) is 62.8 Å². The molecule has 2 heterocycles. The third-order valence-electron chi connectivity index (χ3n) is 4.32. The van der Waals surface area contributed by atoms with E-state index in [1.807, 2.05) is 30.5 Å². The lowest BCUT2D eigenvalue weighted by molar-refractivity contribution is 0.415. The number of aromatic amines is 1. The van der Waals surface area contributed by atoms with Crippen LogP contribution >= 0.6 is 0 Å². The molecule has 5 nitrogen and oxygen atoms in total. The van der Waals surface area contributed by atoms with Crippen LogP contribution in [0.5, 0.6) is 5.75 Å². The third-order valence-corrected chi connectivity index (χ3v) is 4.32. The van der Waals surface area contributed by atoms with Crippen molar-refractivity contribution in [3.63, 3.8) is 0 Å². The lowest BCUT2D eigenvalue weighted by Crippen LogP contribution is -2.14. The van der Waals surface area contributed by atoms with Gasteiger partial charge in [0.1, 0.15) is 23.7 Å². The number of hydrogen-bond acceptors (Lipinski definition) is 4. The first-order chi connectivity index (χ1) is 12.8. The Bertz CT molecular complexity index is 1030. The monoisotopic (exact) mass is 348 g/mol. The molecule has 0 saturated heterocycles. The summed E-state index contributed by atoms with van der Waals surface area (Å²) in [5.41, 5.74) is 2.39. The molecule has 0 spiro atoms. The average Bonchev–Trinajstić information content (AvgIpc) is 3.10. The van der Waals surface area contributed by atoms with Crippen LogP contribution in [0.1, 0.15) is 17.2 Å². The molecule has 0 radical (unpaired) electrons. The van der Waals surface area contributed by atoms with Gasteiger partial charge in [0.2, 0.25) is 0 Å². The Balaban J connectivity index is 1.87. The molecule has 0 aliphatic carbocycles. The molecule has 0 bridgehead atoms.